The Morgan fingerprint density at radius 1 is 1.38 bits per heavy atom. The van der Waals surface area contributed by atoms with Crippen LogP contribution in [0.2, 0.25) is 0 Å². The van der Waals surface area contributed by atoms with Crippen LogP contribution >= 0.6 is 0 Å². The molecule has 0 saturated carbocycles. The highest BCUT2D eigenvalue weighted by molar-refractivity contribution is 5.79. The molecule has 116 valence electrons. The molecule has 0 N–H and O–H groups in total. The van der Waals surface area contributed by atoms with Gasteiger partial charge in [-0.15, -0.1) is 0 Å². The average molecular weight is 294 g/mol. The van der Waals surface area contributed by atoms with Gasteiger partial charge >= 0.3 is 0 Å². The molecule has 0 unspecified atom stereocenters. The Labute approximate surface area is 124 Å². The quantitative estimate of drug-likeness (QED) is 0.827. The first-order valence-electron chi connectivity index (χ1n) is 7.34. The third-order valence-corrected chi connectivity index (χ3v) is 3.88. The molecule has 1 aliphatic heterocycles. The summed E-state index contributed by atoms with van der Waals surface area (Å²) < 4.78 is 4.93. The van der Waals surface area contributed by atoms with E-state index in [4.69, 9.17) is 4.52 Å². The van der Waals surface area contributed by atoms with E-state index in [-0.39, 0.29) is 17.7 Å². The van der Waals surface area contributed by atoms with E-state index in [1.165, 1.54) is 0 Å². The van der Waals surface area contributed by atoms with Crippen molar-refractivity contribution >= 4 is 11.8 Å². The number of carbonyl (C=O) groups is 2. The number of piperidine rings is 1. The SMILES string of the molecule is CCN(Cc1noc(C)n1)C(=O)C1CCN(C(C)=O)CC1. The number of rotatable bonds is 4. The lowest BCUT2D eigenvalue weighted by Gasteiger charge is -2.33. The molecule has 21 heavy (non-hydrogen) atoms. The maximum Gasteiger partial charge on any atom is 0.226 e. The number of amides is 2. The average Bonchev–Trinajstić information content (AvgIpc) is 2.89. The number of carbonyl (C=O) groups excluding carboxylic acids is 2. The van der Waals surface area contributed by atoms with Crippen LogP contribution in [0, 0.1) is 12.8 Å². The van der Waals surface area contributed by atoms with Gasteiger partial charge in [-0.05, 0) is 19.8 Å². The van der Waals surface area contributed by atoms with Gasteiger partial charge < -0.3 is 14.3 Å². The third kappa shape index (κ3) is 3.80. The van der Waals surface area contributed by atoms with Crippen molar-refractivity contribution < 1.29 is 14.1 Å². The summed E-state index contributed by atoms with van der Waals surface area (Å²) in [6, 6.07) is 0. The first-order valence-corrected chi connectivity index (χ1v) is 7.34. The van der Waals surface area contributed by atoms with Crippen LogP contribution in [0.25, 0.3) is 0 Å². The van der Waals surface area contributed by atoms with Gasteiger partial charge in [-0.3, -0.25) is 9.59 Å². The Kier molecular flexibility index (Phi) is 4.93. The first kappa shape index (κ1) is 15.5. The van der Waals surface area contributed by atoms with E-state index in [2.05, 4.69) is 10.1 Å². The van der Waals surface area contributed by atoms with E-state index in [0.29, 0.717) is 37.9 Å². The predicted octanol–water partition coefficient (Wildman–Crippen LogP) is 0.985. The van der Waals surface area contributed by atoms with E-state index in [0.717, 1.165) is 12.8 Å². The van der Waals surface area contributed by atoms with Crippen LogP contribution in [-0.4, -0.2) is 51.4 Å². The fourth-order valence-electron chi connectivity index (χ4n) is 2.62. The molecule has 7 heteroatoms. The number of aryl methyl sites for hydroxylation is 1. The molecule has 0 aromatic carbocycles. The lowest BCUT2D eigenvalue weighted by atomic mass is 9.95. The van der Waals surface area contributed by atoms with Gasteiger partial charge in [-0.2, -0.15) is 4.98 Å². The molecule has 0 bridgehead atoms. The molecule has 2 amide bonds. The van der Waals surface area contributed by atoms with E-state index in [9.17, 15) is 9.59 Å². The first-order chi connectivity index (χ1) is 10.0. The van der Waals surface area contributed by atoms with Gasteiger partial charge in [0.2, 0.25) is 17.7 Å². The van der Waals surface area contributed by atoms with Gasteiger partial charge in [0.15, 0.2) is 5.82 Å². The fraction of sp³-hybridized carbons (Fsp3) is 0.714. The van der Waals surface area contributed by atoms with Crippen molar-refractivity contribution in [2.45, 2.75) is 40.2 Å². The maximum atomic E-state index is 12.6. The predicted molar refractivity (Wildman–Crippen MR) is 75.1 cm³/mol. The summed E-state index contributed by atoms with van der Waals surface area (Å²) in [5.74, 6) is 1.21. The normalized spacial score (nSPS) is 16.0. The maximum absolute atomic E-state index is 12.6. The summed E-state index contributed by atoms with van der Waals surface area (Å²) in [5, 5.41) is 3.83. The van der Waals surface area contributed by atoms with Crippen LogP contribution in [0.5, 0.6) is 0 Å². The van der Waals surface area contributed by atoms with Crippen LogP contribution in [0.3, 0.4) is 0 Å². The molecule has 1 aromatic rings. The van der Waals surface area contributed by atoms with Crippen molar-refractivity contribution in [3.63, 3.8) is 0 Å². The molecule has 1 aromatic heterocycles. The summed E-state index contributed by atoms with van der Waals surface area (Å²) in [6.07, 6.45) is 1.44. The van der Waals surface area contributed by atoms with Crippen molar-refractivity contribution in [3.05, 3.63) is 11.7 Å². The van der Waals surface area contributed by atoms with Gasteiger partial charge in [0.25, 0.3) is 0 Å². The zero-order valence-corrected chi connectivity index (χ0v) is 12.8. The monoisotopic (exact) mass is 294 g/mol. The number of nitrogens with zero attached hydrogens (tertiary/aromatic N) is 4. The molecule has 1 aliphatic rings. The highest BCUT2D eigenvalue weighted by Gasteiger charge is 2.29. The standard InChI is InChI=1S/C14H22N4O3/c1-4-17(9-13-15-10(2)21-16-13)14(20)12-5-7-18(8-6-12)11(3)19/h12H,4-9H2,1-3H3. The molecule has 0 radical (unpaired) electrons. The Morgan fingerprint density at radius 2 is 2.05 bits per heavy atom. The minimum Gasteiger partial charge on any atom is -0.343 e. The fourth-order valence-corrected chi connectivity index (χ4v) is 2.62. The van der Waals surface area contributed by atoms with Gasteiger partial charge in [0, 0.05) is 39.4 Å². The molecule has 1 fully saturated rings. The molecule has 0 spiro atoms. The summed E-state index contributed by atoms with van der Waals surface area (Å²) >= 11 is 0. The van der Waals surface area contributed by atoms with Crippen molar-refractivity contribution in [1.82, 2.24) is 19.9 Å². The van der Waals surface area contributed by atoms with E-state index in [1.54, 1.807) is 23.6 Å². The van der Waals surface area contributed by atoms with Gasteiger partial charge in [0.05, 0.1) is 6.54 Å². The molecule has 2 rings (SSSR count). The van der Waals surface area contributed by atoms with Crippen molar-refractivity contribution in [2.24, 2.45) is 5.92 Å². The second-order valence-corrected chi connectivity index (χ2v) is 5.36. The van der Waals surface area contributed by atoms with Crippen LogP contribution in [0.4, 0.5) is 0 Å². The van der Waals surface area contributed by atoms with Gasteiger partial charge in [-0.1, -0.05) is 5.16 Å². The van der Waals surface area contributed by atoms with E-state index in [1.807, 2.05) is 6.92 Å². The minimum atomic E-state index is -0.0199. The molecule has 7 nitrogen and oxygen atoms in total. The Balaban J connectivity index is 1.93. The summed E-state index contributed by atoms with van der Waals surface area (Å²) in [4.78, 5) is 31.5. The molecule has 2 heterocycles. The number of hydrogen-bond acceptors (Lipinski definition) is 5. The Morgan fingerprint density at radius 3 is 2.52 bits per heavy atom. The smallest absolute Gasteiger partial charge is 0.226 e. The Bertz CT molecular complexity index is 506. The van der Waals surface area contributed by atoms with Crippen molar-refractivity contribution in [3.8, 4) is 0 Å². The van der Waals surface area contributed by atoms with Crippen LogP contribution in [0.1, 0.15) is 38.4 Å². The van der Waals surface area contributed by atoms with Crippen molar-refractivity contribution in [2.75, 3.05) is 19.6 Å². The van der Waals surface area contributed by atoms with Crippen LogP contribution in [-0.2, 0) is 16.1 Å². The lowest BCUT2D eigenvalue weighted by molar-refractivity contribution is -0.140. The molecule has 0 aliphatic carbocycles. The van der Waals surface area contributed by atoms with Crippen LogP contribution in [0.15, 0.2) is 4.52 Å². The molecular weight excluding hydrogens is 272 g/mol. The van der Waals surface area contributed by atoms with E-state index >= 15 is 0 Å². The second kappa shape index (κ2) is 6.69. The molecule has 1 saturated heterocycles. The third-order valence-electron chi connectivity index (χ3n) is 3.88. The highest BCUT2D eigenvalue weighted by atomic mass is 16.5. The van der Waals surface area contributed by atoms with Crippen LogP contribution < -0.4 is 0 Å². The minimum absolute atomic E-state index is 0.0199. The lowest BCUT2D eigenvalue weighted by Crippen LogP contribution is -2.43. The zero-order chi connectivity index (χ0) is 15.4. The molecule has 0 atom stereocenters. The summed E-state index contributed by atoms with van der Waals surface area (Å²) in [7, 11) is 0. The second-order valence-electron chi connectivity index (χ2n) is 5.36. The number of hydrogen-bond donors (Lipinski definition) is 0. The number of likely N-dealkylation sites (tertiary alicyclic amines) is 1. The molecular formula is C14H22N4O3. The zero-order valence-electron chi connectivity index (χ0n) is 12.8. The van der Waals surface area contributed by atoms with E-state index < -0.39 is 0 Å². The largest absolute Gasteiger partial charge is 0.343 e. The Hall–Kier alpha value is -1.92. The summed E-state index contributed by atoms with van der Waals surface area (Å²) in [6.45, 7) is 7.54. The van der Waals surface area contributed by atoms with Crippen molar-refractivity contribution in [1.29, 1.82) is 0 Å². The summed E-state index contributed by atoms with van der Waals surface area (Å²) in [5.41, 5.74) is 0. The topological polar surface area (TPSA) is 79.5 Å². The number of aromatic nitrogens is 2. The van der Waals surface area contributed by atoms with Gasteiger partial charge in [0.1, 0.15) is 0 Å². The highest BCUT2D eigenvalue weighted by Crippen LogP contribution is 2.20. The van der Waals surface area contributed by atoms with Gasteiger partial charge in [-0.25, -0.2) is 0 Å².